The maximum absolute atomic E-state index is 9.74. The fraction of sp³-hybridized carbons (Fsp3) is 0.0938. The van der Waals surface area contributed by atoms with E-state index in [9.17, 15) is 5.41 Å². The minimum Gasteiger partial charge on any atom is -0.456 e. The van der Waals surface area contributed by atoms with Crippen LogP contribution in [0.15, 0.2) is 221 Å². The standard InChI is InChI=1S/C64H48N4OS/c1-63(2)51-20-12-13-21-52(51)64(3,4)54-37-41(25-30-53(54)63)40-24-23-39-26-32-56-60(48(39)35-40)50-36-42(27-31-55(50)68(56)45-28-34-59-49(38-45)47-19-11-14-22-58(47)69-59)46-29-33-57(61(65)62(46)66-70)67(43-15-7-5-8-16-43)44-17-9-6-10-18-44/h5-38,65,70H,1-4H3/b65-61?,66-62-. The molecule has 13 rings (SSSR count). The maximum Gasteiger partial charge on any atom is 0.135 e. The number of nitrogens with one attached hydrogen (secondary N) is 1. The molecule has 2 heterocycles. The van der Waals surface area contributed by atoms with Gasteiger partial charge in [-0.3, -0.25) is 5.41 Å². The quantitative estimate of drug-likeness (QED) is 0.129. The molecule has 70 heavy (non-hydrogen) atoms. The molecule has 0 radical (unpaired) electrons. The Morgan fingerprint density at radius 1 is 0.500 bits per heavy atom. The molecule has 0 bridgehead atoms. The number of anilines is 2. The van der Waals surface area contributed by atoms with E-state index in [1.54, 1.807) is 0 Å². The highest BCUT2D eigenvalue weighted by atomic mass is 32.1. The van der Waals surface area contributed by atoms with Gasteiger partial charge in [0.25, 0.3) is 0 Å². The van der Waals surface area contributed by atoms with Gasteiger partial charge >= 0.3 is 0 Å². The van der Waals surface area contributed by atoms with E-state index in [-0.39, 0.29) is 10.8 Å². The molecule has 11 aromatic rings. The average molecular weight is 921 g/mol. The fourth-order valence-corrected chi connectivity index (χ4v) is 11.9. The van der Waals surface area contributed by atoms with Crippen LogP contribution in [-0.4, -0.2) is 16.0 Å². The van der Waals surface area contributed by atoms with Gasteiger partial charge in [0.1, 0.15) is 22.6 Å². The van der Waals surface area contributed by atoms with Crippen molar-refractivity contribution in [3.8, 4) is 16.8 Å². The Kier molecular flexibility index (Phi) is 9.39. The Bertz CT molecular complexity index is 4050. The van der Waals surface area contributed by atoms with Gasteiger partial charge < -0.3 is 13.9 Å². The van der Waals surface area contributed by atoms with Gasteiger partial charge in [-0.2, -0.15) is 0 Å². The second kappa shape index (κ2) is 15.7. The summed E-state index contributed by atoms with van der Waals surface area (Å²) in [6, 6.07) is 69.4. The van der Waals surface area contributed by atoms with E-state index < -0.39 is 0 Å². The van der Waals surface area contributed by atoms with Crippen LogP contribution in [0, 0.1) is 5.41 Å². The summed E-state index contributed by atoms with van der Waals surface area (Å²) in [6.45, 7) is 9.46. The van der Waals surface area contributed by atoms with Crippen molar-refractivity contribution in [3.63, 3.8) is 0 Å². The van der Waals surface area contributed by atoms with Crippen molar-refractivity contribution in [1.29, 1.82) is 5.41 Å². The Hall–Kier alpha value is -8.19. The molecule has 336 valence electrons. The number of aromatic nitrogens is 1. The molecule has 2 aromatic heterocycles. The molecule has 0 amide bonds. The minimum absolute atomic E-state index is 0.120. The highest BCUT2D eigenvalue weighted by Gasteiger charge is 2.41. The Labute approximate surface area is 412 Å². The monoisotopic (exact) mass is 920 g/mol. The molecule has 0 spiro atoms. The zero-order chi connectivity index (χ0) is 47.5. The van der Waals surface area contributed by atoms with Gasteiger partial charge in [0.05, 0.1) is 16.7 Å². The molecule has 0 atom stereocenters. The summed E-state index contributed by atoms with van der Waals surface area (Å²) in [5, 5.41) is 16.5. The summed E-state index contributed by atoms with van der Waals surface area (Å²) in [5.74, 6) is 0. The van der Waals surface area contributed by atoms with E-state index in [0.29, 0.717) is 17.1 Å². The number of para-hydroxylation sites is 3. The van der Waals surface area contributed by atoms with Crippen LogP contribution in [0.25, 0.3) is 76.9 Å². The van der Waals surface area contributed by atoms with Gasteiger partial charge in [0.2, 0.25) is 0 Å². The smallest absolute Gasteiger partial charge is 0.135 e. The third-order valence-electron chi connectivity index (χ3n) is 15.2. The van der Waals surface area contributed by atoms with Crippen molar-refractivity contribution in [2.24, 2.45) is 4.40 Å². The molecule has 0 saturated carbocycles. The second-order valence-electron chi connectivity index (χ2n) is 19.8. The number of fused-ring (bicyclic) bond motifs is 10. The van der Waals surface area contributed by atoms with Gasteiger partial charge in [0, 0.05) is 55.0 Å². The number of hydrogen-bond acceptors (Lipinski definition) is 5. The highest BCUT2D eigenvalue weighted by molar-refractivity contribution is 7.79. The van der Waals surface area contributed by atoms with E-state index in [2.05, 4.69) is 206 Å². The topological polar surface area (TPSA) is 57.5 Å². The van der Waals surface area contributed by atoms with Crippen LogP contribution in [0.1, 0.15) is 55.5 Å². The zero-order valence-corrected chi connectivity index (χ0v) is 40.2. The van der Waals surface area contributed by atoms with Crippen LogP contribution in [0.3, 0.4) is 0 Å². The molecule has 5 nitrogen and oxygen atoms in total. The molecule has 2 aliphatic carbocycles. The summed E-state index contributed by atoms with van der Waals surface area (Å²) >= 11 is 4.56. The summed E-state index contributed by atoms with van der Waals surface area (Å²) in [7, 11) is 0. The van der Waals surface area contributed by atoms with Crippen molar-refractivity contribution in [1.82, 2.24) is 4.57 Å². The largest absolute Gasteiger partial charge is 0.456 e. The van der Waals surface area contributed by atoms with Gasteiger partial charge in [-0.25, -0.2) is 4.40 Å². The zero-order valence-electron chi connectivity index (χ0n) is 39.3. The van der Waals surface area contributed by atoms with E-state index >= 15 is 0 Å². The minimum atomic E-state index is -0.163. The van der Waals surface area contributed by atoms with Crippen LogP contribution in [0.5, 0.6) is 0 Å². The summed E-state index contributed by atoms with van der Waals surface area (Å²) in [4.78, 5) is 2.11. The van der Waals surface area contributed by atoms with Crippen molar-refractivity contribution in [2.75, 3.05) is 4.90 Å². The lowest BCUT2D eigenvalue weighted by molar-refractivity contribution is 0.521. The first-order chi connectivity index (χ1) is 34.1. The first-order valence-electron chi connectivity index (χ1n) is 23.9. The van der Waals surface area contributed by atoms with Crippen LogP contribution >= 0.6 is 12.8 Å². The Balaban J connectivity index is 1.02. The number of thiol groups is 1. The van der Waals surface area contributed by atoms with E-state index in [1.165, 1.54) is 38.8 Å². The third-order valence-corrected chi connectivity index (χ3v) is 15.4. The summed E-state index contributed by atoms with van der Waals surface area (Å²) in [6.07, 6.45) is 4.13. The maximum atomic E-state index is 9.74. The predicted octanol–water partition coefficient (Wildman–Crippen LogP) is 16.9. The molecule has 0 aliphatic heterocycles. The van der Waals surface area contributed by atoms with E-state index in [4.69, 9.17) is 4.42 Å². The van der Waals surface area contributed by atoms with Crippen LogP contribution in [0.4, 0.5) is 11.4 Å². The average Bonchev–Trinajstić information content (AvgIpc) is 3.94. The molecule has 2 aliphatic rings. The number of furan rings is 1. The lowest BCUT2D eigenvalue weighted by atomic mass is 9.60. The molecule has 1 N–H and O–H groups in total. The first-order valence-corrected chi connectivity index (χ1v) is 24.3. The third kappa shape index (κ3) is 6.26. The number of nitrogens with zero attached hydrogens (tertiary/aromatic N) is 3. The van der Waals surface area contributed by atoms with Gasteiger partial charge in [-0.1, -0.05) is 143 Å². The second-order valence-corrected chi connectivity index (χ2v) is 20.0. The normalized spacial score (nSPS) is 15.7. The fourth-order valence-electron chi connectivity index (χ4n) is 11.7. The number of rotatable bonds is 6. The molecule has 9 aromatic carbocycles. The van der Waals surface area contributed by atoms with Gasteiger partial charge in [-0.05, 0) is 154 Å². The van der Waals surface area contributed by atoms with Crippen molar-refractivity contribution < 1.29 is 4.42 Å². The molecule has 0 saturated heterocycles. The van der Waals surface area contributed by atoms with Crippen molar-refractivity contribution in [3.05, 3.63) is 240 Å². The molecular formula is C64H48N4OS. The Morgan fingerprint density at radius 2 is 1.09 bits per heavy atom. The van der Waals surface area contributed by atoms with Crippen molar-refractivity contribution >= 4 is 95.7 Å². The molecule has 6 heteroatoms. The number of benzene rings is 9. The van der Waals surface area contributed by atoms with E-state index in [1.807, 2.05) is 54.6 Å². The summed E-state index contributed by atoms with van der Waals surface area (Å²) in [5.41, 5.74) is 17.8. The van der Waals surface area contributed by atoms with Gasteiger partial charge in [0.15, 0.2) is 0 Å². The van der Waals surface area contributed by atoms with Gasteiger partial charge in [-0.15, -0.1) is 0 Å². The highest BCUT2D eigenvalue weighted by Crippen LogP contribution is 2.51. The number of allylic oxidation sites excluding steroid dienone is 4. The first kappa shape index (κ1) is 42.0. The lowest BCUT2D eigenvalue weighted by Gasteiger charge is -2.44. The predicted molar refractivity (Wildman–Crippen MR) is 297 cm³/mol. The molecule has 0 fully saturated rings. The molecular weight excluding hydrogens is 873 g/mol. The summed E-state index contributed by atoms with van der Waals surface area (Å²) < 4.78 is 13.3. The van der Waals surface area contributed by atoms with Crippen LogP contribution in [0.2, 0.25) is 0 Å². The number of hydrogen-bond donors (Lipinski definition) is 2. The Morgan fingerprint density at radius 3 is 1.83 bits per heavy atom. The SMILES string of the molecule is CC1(C)c2ccccc2C(C)(C)c2cc(-c3ccc4ccc5c(c4c3)c3cc(C4=CC=C(N(c6ccccc6)c6ccccc6)C(=N)/C4=N\S)ccc3n5-c3ccc4oc5ccccc5c4c3)ccc21. The van der Waals surface area contributed by atoms with Crippen LogP contribution in [-0.2, 0) is 10.8 Å². The lowest BCUT2D eigenvalue weighted by Crippen LogP contribution is -2.36. The molecule has 0 unspecified atom stereocenters. The van der Waals surface area contributed by atoms with E-state index in [0.717, 1.165) is 77.3 Å². The van der Waals surface area contributed by atoms with Crippen LogP contribution < -0.4 is 4.90 Å². The van der Waals surface area contributed by atoms with Crippen molar-refractivity contribution in [2.45, 2.75) is 38.5 Å².